The summed E-state index contributed by atoms with van der Waals surface area (Å²) in [5, 5.41) is 19.0. The van der Waals surface area contributed by atoms with Gasteiger partial charge < -0.3 is 10.2 Å². The third kappa shape index (κ3) is 2.97. The topological polar surface area (TPSA) is 74.6 Å². The van der Waals surface area contributed by atoms with Gasteiger partial charge in [0.15, 0.2) is 11.6 Å². The molecule has 0 unspecified atom stereocenters. The van der Waals surface area contributed by atoms with E-state index in [1.165, 1.54) is 18.2 Å². The number of carbonyl (C=O) groups is 2. The molecule has 0 bridgehead atoms. The summed E-state index contributed by atoms with van der Waals surface area (Å²) in [7, 11) is 0. The van der Waals surface area contributed by atoms with Gasteiger partial charge in [-0.05, 0) is 24.3 Å². The van der Waals surface area contributed by atoms with Gasteiger partial charge in [0.05, 0.1) is 17.0 Å². The minimum atomic E-state index is -0.535. The Hall–Kier alpha value is -2.33. The van der Waals surface area contributed by atoms with Crippen LogP contribution in [0.4, 0.5) is 0 Å². The van der Waals surface area contributed by atoms with Crippen LogP contribution in [0.2, 0.25) is 5.02 Å². The molecular formula is C15H11ClO4. The van der Waals surface area contributed by atoms with E-state index in [2.05, 4.69) is 0 Å². The molecule has 4 nitrogen and oxygen atoms in total. The zero-order valence-electron chi connectivity index (χ0n) is 10.3. The zero-order valence-corrected chi connectivity index (χ0v) is 11.1. The first-order valence-corrected chi connectivity index (χ1v) is 6.19. The number of halogens is 1. The highest BCUT2D eigenvalue weighted by Gasteiger charge is 2.18. The van der Waals surface area contributed by atoms with Crippen LogP contribution in [-0.2, 0) is 0 Å². The Balaban J connectivity index is 2.20. The van der Waals surface area contributed by atoms with Crippen LogP contribution in [0, 0.1) is 0 Å². The molecule has 2 aromatic carbocycles. The van der Waals surface area contributed by atoms with Crippen molar-refractivity contribution < 1.29 is 19.8 Å². The molecule has 0 saturated heterocycles. The lowest BCUT2D eigenvalue weighted by molar-refractivity contribution is 0.0893. The number of hydrogen-bond acceptors (Lipinski definition) is 4. The first-order chi connectivity index (χ1) is 9.49. The molecule has 2 aromatic rings. The summed E-state index contributed by atoms with van der Waals surface area (Å²) in [4.78, 5) is 24.0. The van der Waals surface area contributed by atoms with E-state index in [0.717, 1.165) is 6.07 Å². The third-order valence-electron chi connectivity index (χ3n) is 2.78. The molecule has 0 saturated carbocycles. The minimum absolute atomic E-state index is 0.0109. The van der Waals surface area contributed by atoms with Crippen molar-refractivity contribution in [3.05, 3.63) is 58.6 Å². The molecule has 0 amide bonds. The zero-order chi connectivity index (χ0) is 14.7. The Morgan fingerprint density at radius 3 is 2.25 bits per heavy atom. The van der Waals surface area contributed by atoms with Gasteiger partial charge in [-0.1, -0.05) is 23.7 Å². The number of phenolic OH excluding ortho intramolecular Hbond substituents is 2. The Kier molecular flexibility index (Phi) is 4.05. The van der Waals surface area contributed by atoms with Crippen LogP contribution in [0.3, 0.4) is 0 Å². The normalized spacial score (nSPS) is 10.2. The summed E-state index contributed by atoms with van der Waals surface area (Å²) in [6.45, 7) is 0. The summed E-state index contributed by atoms with van der Waals surface area (Å²) < 4.78 is 0. The number of ketones is 2. The molecule has 0 heterocycles. The highest BCUT2D eigenvalue weighted by Crippen LogP contribution is 2.25. The lowest BCUT2D eigenvalue weighted by atomic mass is 10.0. The molecule has 0 atom stereocenters. The summed E-state index contributed by atoms with van der Waals surface area (Å²) in [5.41, 5.74) is 0.254. The largest absolute Gasteiger partial charge is 0.508 e. The number of Topliss-reactive ketones (excluding diaryl/α,β-unsaturated/α-hetero) is 2. The van der Waals surface area contributed by atoms with E-state index in [1.807, 2.05) is 0 Å². The maximum absolute atomic E-state index is 12.0. The summed E-state index contributed by atoms with van der Waals surface area (Å²) in [6, 6.07) is 10.0. The molecule has 0 aliphatic rings. The van der Waals surface area contributed by atoms with E-state index in [1.54, 1.807) is 18.2 Å². The van der Waals surface area contributed by atoms with Gasteiger partial charge in [0.2, 0.25) is 0 Å². The van der Waals surface area contributed by atoms with Crippen molar-refractivity contribution in [2.75, 3.05) is 0 Å². The fourth-order valence-corrected chi connectivity index (χ4v) is 2.02. The van der Waals surface area contributed by atoms with Gasteiger partial charge in [0.1, 0.15) is 11.5 Å². The van der Waals surface area contributed by atoms with E-state index >= 15 is 0 Å². The van der Waals surface area contributed by atoms with Crippen molar-refractivity contribution in [2.24, 2.45) is 0 Å². The smallest absolute Gasteiger partial charge is 0.174 e. The predicted octanol–water partition coefficient (Wildman–Crippen LogP) is 3.21. The Labute approximate surface area is 120 Å². The fourth-order valence-electron chi connectivity index (χ4n) is 1.78. The Bertz CT molecular complexity index is 679. The minimum Gasteiger partial charge on any atom is -0.508 e. The predicted molar refractivity (Wildman–Crippen MR) is 74.5 cm³/mol. The van der Waals surface area contributed by atoms with Gasteiger partial charge in [0.25, 0.3) is 0 Å². The van der Waals surface area contributed by atoms with Crippen LogP contribution in [0.5, 0.6) is 11.5 Å². The second-order valence-corrected chi connectivity index (χ2v) is 4.61. The fraction of sp³-hybridized carbons (Fsp3) is 0.0667. The van der Waals surface area contributed by atoms with Crippen LogP contribution in [-0.4, -0.2) is 21.8 Å². The maximum Gasteiger partial charge on any atom is 0.174 e. The maximum atomic E-state index is 12.0. The highest BCUT2D eigenvalue weighted by molar-refractivity contribution is 6.34. The second kappa shape index (κ2) is 5.75. The second-order valence-electron chi connectivity index (χ2n) is 4.20. The third-order valence-corrected chi connectivity index (χ3v) is 3.11. The molecule has 0 spiro atoms. The average Bonchev–Trinajstić information content (AvgIpc) is 2.38. The van der Waals surface area contributed by atoms with Crippen molar-refractivity contribution in [1.29, 1.82) is 0 Å². The van der Waals surface area contributed by atoms with E-state index < -0.39 is 18.0 Å². The van der Waals surface area contributed by atoms with Crippen molar-refractivity contribution >= 4 is 23.2 Å². The molecular weight excluding hydrogens is 280 g/mol. The van der Waals surface area contributed by atoms with Crippen molar-refractivity contribution in [2.45, 2.75) is 6.42 Å². The van der Waals surface area contributed by atoms with Gasteiger partial charge in [-0.15, -0.1) is 0 Å². The van der Waals surface area contributed by atoms with Gasteiger partial charge >= 0.3 is 0 Å². The van der Waals surface area contributed by atoms with Crippen LogP contribution < -0.4 is 0 Å². The van der Waals surface area contributed by atoms with Crippen LogP contribution in [0.15, 0.2) is 42.5 Å². The number of aromatic hydroxyl groups is 2. The highest BCUT2D eigenvalue weighted by atomic mass is 35.5. The first-order valence-electron chi connectivity index (χ1n) is 5.82. The number of phenols is 2. The quantitative estimate of drug-likeness (QED) is 0.670. The molecule has 0 aromatic heterocycles. The molecule has 2 N–H and O–H groups in total. The van der Waals surface area contributed by atoms with E-state index in [-0.39, 0.29) is 27.6 Å². The Morgan fingerprint density at radius 2 is 1.60 bits per heavy atom. The number of benzene rings is 2. The lowest BCUT2D eigenvalue weighted by Crippen LogP contribution is -2.09. The molecule has 0 radical (unpaired) electrons. The van der Waals surface area contributed by atoms with Crippen molar-refractivity contribution in [1.82, 2.24) is 0 Å². The molecule has 2 rings (SSSR count). The molecule has 0 aliphatic heterocycles. The molecule has 0 fully saturated rings. The Morgan fingerprint density at radius 1 is 0.950 bits per heavy atom. The van der Waals surface area contributed by atoms with Gasteiger partial charge in [-0.2, -0.15) is 0 Å². The number of hydrogen-bond donors (Lipinski definition) is 2. The van der Waals surface area contributed by atoms with E-state index in [0.29, 0.717) is 0 Å². The average molecular weight is 291 g/mol. The number of carbonyl (C=O) groups excluding carboxylic acids is 2. The van der Waals surface area contributed by atoms with Crippen LogP contribution >= 0.6 is 11.6 Å². The van der Waals surface area contributed by atoms with Gasteiger partial charge in [-0.25, -0.2) is 0 Å². The number of rotatable bonds is 4. The van der Waals surface area contributed by atoms with E-state index in [4.69, 9.17) is 16.7 Å². The molecule has 0 aliphatic carbocycles. The molecule has 5 heteroatoms. The van der Waals surface area contributed by atoms with Crippen LogP contribution in [0.25, 0.3) is 0 Å². The first kappa shape index (κ1) is 14.1. The molecule has 20 heavy (non-hydrogen) atoms. The van der Waals surface area contributed by atoms with E-state index in [9.17, 15) is 14.7 Å². The van der Waals surface area contributed by atoms with Gasteiger partial charge in [-0.3, -0.25) is 9.59 Å². The van der Waals surface area contributed by atoms with Gasteiger partial charge in [0, 0.05) is 11.6 Å². The molecule has 102 valence electrons. The summed E-state index contributed by atoms with van der Waals surface area (Å²) in [6.07, 6.45) is -0.401. The monoisotopic (exact) mass is 290 g/mol. The summed E-state index contributed by atoms with van der Waals surface area (Å²) in [5.74, 6) is -1.47. The van der Waals surface area contributed by atoms with Crippen molar-refractivity contribution in [3.63, 3.8) is 0 Å². The lowest BCUT2D eigenvalue weighted by Gasteiger charge is -2.05. The van der Waals surface area contributed by atoms with Crippen LogP contribution in [0.1, 0.15) is 27.1 Å². The standard InChI is InChI=1S/C15H11ClO4/c16-12-4-2-1-3-10(12)14(19)8-15(20)11-6-5-9(17)7-13(11)18/h1-7,17-18H,8H2. The summed E-state index contributed by atoms with van der Waals surface area (Å²) >= 11 is 5.89. The van der Waals surface area contributed by atoms with Crippen molar-refractivity contribution in [3.8, 4) is 11.5 Å². The SMILES string of the molecule is O=C(CC(=O)c1ccccc1Cl)c1ccc(O)cc1O.